The molecule has 0 aromatic carbocycles. The zero-order chi connectivity index (χ0) is 11.7. The first-order chi connectivity index (χ1) is 6.79. The molecule has 0 spiro atoms. The third-order valence-corrected chi connectivity index (χ3v) is 3.28. The summed E-state index contributed by atoms with van der Waals surface area (Å²) in [6.07, 6.45) is 3.77. The van der Waals surface area contributed by atoms with E-state index in [0.717, 1.165) is 18.8 Å². The Morgan fingerprint density at radius 3 is 2.33 bits per heavy atom. The van der Waals surface area contributed by atoms with Crippen LogP contribution in [0.3, 0.4) is 0 Å². The van der Waals surface area contributed by atoms with Gasteiger partial charge in [-0.25, -0.2) is 0 Å². The van der Waals surface area contributed by atoms with Gasteiger partial charge < -0.3 is 10.5 Å². The Hall–Kier alpha value is -0.0800. The lowest BCUT2D eigenvalue weighted by Crippen LogP contribution is -2.50. The quantitative estimate of drug-likeness (QED) is 0.782. The average molecular weight is 213 g/mol. The first kappa shape index (κ1) is 13.0. The van der Waals surface area contributed by atoms with E-state index in [1.165, 1.54) is 6.42 Å². The van der Waals surface area contributed by atoms with Gasteiger partial charge in [0.15, 0.2) is 0 Å². The van der Waals surface area contributed by atoms with Gasteiger partial charge in [-0.15, -0.1) is 0 Å². The highest BCUT2D eigenvalue weighted by atomic mass is 16.5. The highest BCUT2D eigenvalue weighted by Gasteiger charge is 2.43. The van der Waals surface area contributed by atoms with Gasteiger partial charge in [0.05, 0.1) is 11.7 Å². The molecule has 1 aliphatic carbocycles. The Labute approximate surface area is 94.6 Å². The molecule has 2 N–H and O–H groups in total. The van der Waals surface area contributed by atoms with E-state index in [4.69, 9.17) is 10.5 Å². The smallest absolute Gasteiger partial charge is 0.0815 e. The Morgan fingerprint density at radius 2 is 1.93 bits per heavy atom. The zero-order valence-electron chi connectivity index (χ0n) is 11.0. The topological polar surface area (TPSA) is 35.2 Å². The summed E-state index contributed by atoms with van der Waals surface area (Å²) in [4.78, 5) is 0. The first-order valence-corrected chi connectivity index (χ1v) is 6.16. The fourth-order valence-corrected chi connectivity index (χ4v) is 3.46. The number of nitrogens with two attached hydrogens (primary N) is 1. The molecule has 90 valence electrons. The molecule has 0 aliphatic heterocycles. The normalized spacial score (nSPS) is 35.8. The number of ether oxygens (including phenoxy) is 1. The summed E-state index contributed by atoms with van der Waals surface area (Å²) in [7, 11) is 0. The van der Waals surface area contributed by atoms with Crippen LogP contribution in [0.1, 0.15) is 53.9 Å². The van der Waals surface area contributed by atoms with Gasteiger partial charge in [0.2, 0.25) is 0 Å². The van der Waals surface area contributed by atoms with Crippen LogP contribution >= 0.6 is 0 Å². The van der Waals surface area contributed by atoms with Gasteiger partial charge in [0.25, 0.3) is 0 Å². The summed E-state index contributed by atoms with van der Waals surface area (Å²) in [5.74, 6) is 0.719. The van der Waals surface area contributed by atoms with E-state index in [1.807, 2.05) is 0 Å². The molecule has 15 heavy (non-hydrogen) atoms. The maximum absolute atomic E-state index is 6.11. The van der Waals surface area contributed by atoms with Crippen LogP contribution in [0, 0.1) is 11.3 Å². The van der Waals surface area contributed by atoms with Crippen LogP contribution in [0.25, 0.3) is 0 Å². The molecule has 2 heteroatoms. The Morgan fingerprint density at radius 1 is 1.33 bits per heavy atom. The predicted octanol–water partition coefficient (Wildman–Crippen LogP) is 2.96. The molecule has 1 fully saturated rings. The van der Waals surface area contributed by atoms with Crippen molar-refractivity contribution in [1.82, 2.24) is 0 Å². The highest BCUT2D eigenvalue weighted by Crippen LogP contribution is 2.45. The van der Waals surface area contributed by atoms with E-state index in [0.29, 0.717) is 12.0 Å². The van der Waals surface area contributed by atoms with Gasteiger partial charge in [-0.05, 0) is 44.4 Å². The van der Waals surface area contributed by atoms with E-state index in [9.17, 15) is 0 Å². The second-order valence-corrected chi connectivity index (χ2v) is 6.41. The Bertz CT molecular complexity index is 209. The fourth-order valence-electron chi connectivity index (χ4n) is 3.46. The average Bonchev–Trinajstić information content (AvgIpc) is 1.98. The first-order valence-electron chi connectivity index (χ1n) is 6.16. The number of hydrogen-bond acceptors (Lipinski definition) is 2. The van der Waals surface area contributed by atoms with Crippen molar-refractivity contribution < 1.29 is 4.74 Å². The molecule has 1 rings (SSSR count). The van der Waals surface area contributed by atoms with Crippen LogP contribution in [-0.2, 0) is 4.74 Å². The van der Waals surface area contributed by atoms with Gasteiger partial charge in [-0.1, -0.05) is 20.8 Å². The summed E-state index contributed by atoms with van der Waals surface area (Å²) in [6, 6.07) is 0. The van der Waals surface area contributed by atoms with Crippen molar-refractivity contribution >= 4 is 0 Å². The molecular formula is C13H27NO. The molecule has 1 saturated carbocycles. The summed E-state index contributed by atoms with van der Waals surface area (Å²) in [6.45, 7) is 11.8. The molecule has 0 radical (unpaired) electrons. The second-order valence-electron chi connectivity index (χ2n) is 6.41. The summed E-state index contributed by atoms with van der Waals surface area (Å²) < 4.78 is 6.11. The van der Waals surface area contributed by atoms with Crippen LogP contribution < -0.4 is 5.73 Å². The van der Waals surface area contributed by atoms with Crippen LogP contribution in [0.15, 0.2) is 0 Å². The minimum atomic E-state index is -0.0741. The van der Waals surface area contributed by atoms with Crippen molar-refractivity contribution in [3.8, 4) is 0 Å². The molecule has 0 bridgehead atoms. The van der Waals surface area contributed by atoms with Crippen molar-refractivity contribution in [3.05, 3.63) is 0 Å². The molecule has 0 saturated heterocycles. The van der Waals surface area contributed by atoms with Crippen molar-refractivity contribution in [2.24, 2.45) is 17.1 Å². The lowest BCUT2D eigenvalue weighted by atomic mass is 9.65. The summed E-state index contributed by atoms with van der Waals surface area (Å²) >= 11 is 0. The van der Waals surface area contributed by atoms with E-state index in [2.05, 4.69) is 34.6 Å². The van der Waals surface area contributed by atoms with Gasteiger partial charge in [-0.3, -0.25) is 0 Å². The number of rotatable bonds is 3. The van der Waals surface area contributed by atoms with Crippen molar-refractivity contribution in [2.75, 3.05) is 6.54 Å². The predicted molar refractivity (Wildman–Crippen MR) is 64.8 cm³/mol. The molecule has 0 amide bonds. The van der Waals surface area contributed by atoms with Crippen molar-refractivity contribution in [3.63, 3.8) is 0 Å². The lowest BCUT2D eigenvalue weighted by molar-refractivity contribution is -0.129. The maximum atomic E-state index is 6.11. The minimum absolute atomic E-state index is 0.0741. The lowest BCUT2D eigenvalue weighted by Gasteiger charge is -2.47. The summed E-state index contributed by atoms with van der Waals surface area (Å²) in [5.41, 5.74) is 6.24. The number of hydrogen-bond donors (Lipinski definition) is 1. The monoisotopic (exact) mass is 213 g/mol. The van der Waals surface area contributed by atoms with Crippen molar-refractivity contribution in [2.45, 2.75) is 65.6 Å². The van der Waals surface area contributed by atoms with Crippen LogP contribution in [0.2, 0.25) is 0 Å². The van der Waals surface area contributed by atoms with E-state index in [-0.39, 0.29) is 11.7 Å². The van der Waals surface area contributed by atoms with E-state index >= 15 is 0 Å². The fraction of sp³-hybridized carbons (Fsp3) is 1.00. The van der Waals surface area contributed by atoms with Gasteiger partial charge >= 0.3 is 0 Å². The van der Waals surface area contributed by atoms with Crippen molar-refractivity contribution in [1.29, 1.82) is 0 Å². The Balaban J connectivity index is 2.79. The Kier molecular flexibility index (Phi) is 3.83. The van der Waals surface area contributed by atoms with E-state index < -0.39 is 0 Å². The largest absolute Gasteiger partial charge is 0.371 e. The van der Waals surface area contributed by atoms with Crippen LogP contribution in [0.5, 0.6) is 0 Å². The molecule has 0 aromatic rings. The molecule has 2 unspecified atom stereocenters. The molecule has 2 atom stereocenters. The highest BCUT2D eigenvalue weighted by molar-refractivity contribution is 4.95. The van der Waals surface area contributed by atoms with Gasteiger partial charge in [0, 0.05) is 6.54 Å². The minimum Gasteiger partial charge on any atom is -0.371 e. The standard InChI is InChI=1S/C13H27NO/c1-10(2)15-13(9-14)7-11(3)6-12(4,5)8-13/h10-11H,6-9,14H2,1-5H3. The molecule has 0 heterocycles. The van der Waals surface area contributed by atoms with E-state index in [1.54, 1.807) is 0 Å². The third kappa shape index (κ3) is 3.46. The SMILES string of the molecule is CC1CC(C)(C)CC(CN)(OC(C)C)C1. The summed E-state index contributed by atoms with van der Waals surface area (Å²) in [5, 5.41) is 0. The van der Waals surface area contributed by atoms with Gasteiger partial charge in [0.1, 0.15) is 0 Å². The van der Waals surface area contributed by atoms with Gasteiger partial charge in [-0.2, -0.15) is 0 Å². The van der Waals surface area contributed by atoms with Crippen LogP contribution in [0.4, 0.5) is 0 Å². The zero-order valence-corrected chi connectivity index (χ0v) is 11.0. The molecular weight excluding hydrogens is 186 g/mol. The molecule has 1 aliphatic rings. The molecule has 2 nitrogen and oxygen atoms in total. The van der Waals surface area contributed by atoms with Crippen LogP contribution in [-0.4, -0.2) is 18.2 Å². The second kappa shape index (κ2) is 4.42. The maximum Gasteiger partial charge on any atom is 0.0815 e. The third-order valence-electron chi connectivity index (χ3n) is 3.28. The molecule has 0 aromatic heterocycles.